The Hall–Kier alpha value is -1.16. The van der Waals surface area contributed by atoms with Gasteiger partial charge < -0.3 is 4.74 Å². The highest BCUT2D eigenvalue weighted by Crippen LogP contribution is 2.24. The smallest absolute Gasteiger partial charge is 0.264 e. The van der Waals surface area contributed by atoms with E-state index in [1.54, 1.807) is 6.07 Å². The van der Waals surface area contributed by atoms with Crippen LogP contribution in [0, 0.1) is 0 Å². The largest absolute Gasteiger partial charge is 0.491 e. The molecule has 0 unspecified atom stereocenters. The first kappa shape index (κ1) is 15.2. The van der Waals surface area contributed by atoms with Crippen LogP contribution in [-0.2, 0) is 30.7 Å². The van der Waals surface area contributed by atoms with Crippen molar-refractivity contribution in [2.24, 2.45) is 0 Å². The Morgan fingerprint density at radius 1 is 1.30 bits per heavy atom. The maximum Gasteiger partial charge on any atom is 0.264 e. The first-order chi connectivity index (χ1) is 9.28. The summed E-state index contributed by atoms with van der Waals surface area (Å²) in [4.78, 5) is 0.253. The fourth-order valence-corrected chi connectivity index (χ4v) is 3.50. The maximum absolute atomic E-state index is 11.7. The van der Waals surface area contributed by atoms with Crippen LogP contribution < -0.4 is 9.46 Å². The molecule has 1 aliphatic heterocycles. The molecule has 1 aromatic carbocycles. The van der Waals surface area contributed by atoms with Crippen LogP contribution >= 0.6 is 0 Å². The zero-order chi connectivity index (χ0) is 14.8. The molecule has 0 radical (unpaired) electrons. The molecule has 0 atom stereocenters. The third-order valence-corrected chi connectivity index (χ3v) is 4.81. The van der Waals surface area contributed by atoms with E-state index < -0.39 is 20.1 Å². The van der Waals surface area contributed by atoms with E-state index in [4.69, 9.17) is 4.74 Å². The van der Waals surface area contributed by atoms with Gasteiger partial charge in [-0.1, -0.05) is 0 Å². The lowest BCUT2D eigenvalue weighted by Crippen LogP contribution is -2.31. The van der Waals surface area contributed by atoms with Gasteiger partial charge in [0.05, 0.1) is 11.2 Å². The quantitative estimate of drug-likeness (QED) is 0.599. The molecule has 0 aliphatic carbocycles. The molecular weight excluding hydrogens is 306 g/mol. The lowest BCUT2D eigenvalue weighted by molar-refractivity contribution is 0.222. The summed E-state index contributed by atoms with van der Waals surface area (Å²) < 4.78 is 57.3. The molecule has 0 saturated heterocycles. The minimum absolute atomic E-state index is 0.0663. The molecule has 1 aromatic rings. The maximum atomic E-state index is 11.7. The molecule has 2 rings (SSSR count). The van der Waals surface area contributed by atoms with Crippen LogP contribution in [0.5, 0.6) is 5.75 Å². The Morgan fingerprint density at radius 3 is 2.75 bits per heavy atom. The number of benzene rings is 1. The van der Waals surface area contributed by atoms with E-state index in [1.165, 1.54) is 12.1 Å². The summed E-state index contributed by atoms with van der Waals surface area (Å²) in [7, 11) is -6.89. The molecule has 20 heavy (non-hydrogen) atoms. The minimum Gasteiger partial charge on any atom is -0.491 e. The Labute approximate surface area is 118 Å². The van der Waals surface area contributed by atoms with Crippen molar-refractivity contribution in [2.75, 3.05) is 26.0 Å². The fraction of sp³-hybridized carbons (Fsp3) is 0.455. The van der Waals surface area contributed by atoms with Crippen molar-refractivity contribution < 1.29 is 25.8 Å². The number of hydrogen-bond donors (Lipinski definition) is 1. The first-order valence-corrected chi connectivity index (χ1v) is 9.18. The van der Waals surface area contributed by atoms with Crippen LogP contribution in [0.1, 0.15) is 5.56 Å². The van der Waals surface area contributed by atoms with E-state index in [0.717, 1.165) is 6.26 Å². The molecule has 1 heterocycles. The number of rotatable bonds is 5. The van der Waals surface area contributed by atoms with Gasteiger partial charge in [-0.15, -0.1) is 0 Å². The lowest BCUT2D eigenvalue weighted by Gasteiger charge is -2.18. The van der Waals surface area contributed by atoms with E-state index >= 15 is 0 Å². The zero-order valence-corrected chi connectivity index (χ0v) is 12.5. The molecule has 0 aromatic heterocycles. The van der Waals surface area contributed by atoms with E-state index in [1.807, 2.05) is 0 Å². The van der Waals surface area contributed by atoms with Gasteiger partial charge in [0.2, 0.25) is 10.0 Å². The topological polar surface area (TPSA) is 98.8 Å². The van der Waals surface area contributed by atoms with Crippen molar-refractivity contribution >= 4 is 20.1 Å². The van der Waals surface area contributed by atoms with Crippen LogP contribution in [0.2, 0.25) is 0 Å². The molecule has 7 nitrogen and oxygen atoms in total. The van der Waals surface area contributed by atoms with Crippen LogP contribution in [0.15, 0.2) is 23.1 Å². The first-order valence-electron chi connectivity index (χ1n) is 5.88. The second-order valence-electron chi connectivity index (χ2n) is 4.29. The molecule has 0 bridgehead atoms. The molecule has 0 saturated carbocycles. The summed E-state index contributed by atoms with van der Waals surface area (Å²) in [6, 6.07) is 4.65. The van der Waals surface area contributed by atoms with E-state index in [9.17, 15) is 16.8 Å². The summed E-state index contributed by atoms with van der Waals surface area (Å²) in [6.45, 7) is 0.336. The van der Waals surface area contributed by atoms with Crippen molar-refractivity contribution in [2.45, 2.75) is 11.3 Å². The predicted octanol–water partition coefficient (Wildman–Crippen LogP) is -0.124. The molecule has 1 N–H and O–H groups in total. The SMILES string of the molecule is CS(=O)(=O)OCCOc1ccc2c(c1)CCNS2(=O)=O. The average Bonchev–Trinajstić information content (AvgIpc) is 2.33. The third-order valence-electron chi connectivity index (χ3n) is 2.66. The summed E-state index contributed by atoms with van der Waals surface area (Å²) in [6.07, 6.45) is 1.55. The number of fused-ring (bicyclic) bond motifs is 1. The Bertz CT molecular complexity index is 696. The fourth-order valence-electron chi connectivity index (χ4n) is 1.85. The minimum atomic E-state index is -3.48. The van der Waals surface area contributed by atoms with Gasteiger partial charge in [-0.05, 0) is 30.2 Å². The van der Waals surface area contributed by atoms with Crippen molar-refractivity contribution in [1.82, 2.24) is 4.72 Å². The summed E-state index contributed by atoms with van der Waals surface area (Å²) >= 11 is 0. The molecule has 0 spiro atoms. The van der Waals surface area contributed by atoms with Gasteiger partial charge in [0, 0.05) is 6.54 Å². The third kappa shape index (κ3) is 3.92. The molecule has 112 valence electrons. The van der Waals surface area contributed by atoms with Gasteiger partial charge in [-0.2, -0.15) is 8.42 Å². The number of hydrogen-bond acceptors (Lipinski definition) is 6. The average molecular weight is 321 g/mol. The molecule has 1 aliphatic rings. The predicted molar refractivity (Wildman–Crippen MR) is 71.6 cm³/mol. The molecule has 0 fully saturated rings. The second-order valence-corrected chi connectivity index (χ2v) is 7.67. The highest BCUT2D eigenvalue weighted by molar-refractivity contribution is 7.89. The Balaban J connectivity index is 2.02. The monoisotopic (exact) mass is 321 g/mol. The second kappa shape index (κ2) is 5.68. The van der Waals surface area contributed by atoms with Gasteiger partial charge in [-0.25, -0.2) is 13.1 Å². The van der Waals surface area contributed by atoms with Crippen molar-refractivity contribution in [3.05, 3.63) is 23.8 Å². The van der Waals surface area contributed by atoms with Gasteiger partial charge in [0.25, 0.3) is 10.1 Å². The zero-order valence-electron chi connectivity index (χ0n) is 10.8. The standard InChI is InChI=1S/C11H15NO6S2/c1-19(13,14)18-7-6-17-10-2-3-11-9(8-10)4-5-12-20(11,15)16/h2-3,8,12H,4-7H2,1H3. The summed E-state index contributed by atoms with van der Waals surface area (Å²) in [5.74, 6) is 0.484. The summed E-state index contributed by atoms with van der Waals surface area (Å²) in [5, 5.41) is 0. The normalized spacial score (nSPS) is 17.4. The number of nitrogens with one attached hydrogen (secondary N) is 1. The van der Waals surface area contributed by atoms with Crippen molar-refractivity contribution in [3.8, 4) is 5.75 Å². The molecule has 9 heteroatoms. The van der Waals surface area contributed by atoms with Crippen molar-refractivity contribution in [1.29, 1.82) is 0 Å². The Kier molecular flexibility index (Phi) is 4.33. The van der Waals surface area contributed by atoms with Crippen LogP contribution in [0.4, 0.5) is 0 Å². The van der Waals surface area contributed by atoms with Crippen LogP contribution in [0.25, 0.3) is 0 Å². The molecule has 0 amide bonds. The van der Waals surface area contributed by atoms with E-state index in [0.29, 0.717) is 24.3 Å². The number of ether oxygens (including phenoxy) is 1. The summed E-state index contributed by atoms with van der Waals surface area (Å²) in [5.41, 5.74) is 0.685. The van der Waals surface area contributed by atoms with Gasteiger partial charge in [0.15, 0.2) is 0 Å². The van der Waals surface area contributed by atoms with E-state index in [-0.39, 0.29) is 18.1 Å². The highest BCUT2D eigenvalue weighted by atomic mass is 32.2. The van der Waals surface area contributed by atoms with Gasteiger partial charge >= 0.3 is 0 Å². The van der Waals surface area contributed by atoms with Gasteiger partial charge in [0.1, 0.15) is 19.0 Å². The molecular formula is C11H15NO6S2. The Morgan fingerprint density at radius 2 is 2.05 bits per heavy atom. The van der Waals surface area contributed by atoms with Crippen molar-refractivity contribution in [3.63, 3.8) is 0 Å². The van der Waals surface area contributed by atoms with Crippen LogP contribution in [0.3, 0.4) is 0 Å². The van der Waals surface area contributed by atoms with Gasteiger partial charge in [-0.3, -0.25) is 4.18 Å². The number of sulfonamides is 1. The van der Waals surface area contributed by atoms with E-state index in [2.05, 4.69) is 8.91 Å². The van der Waals surface area contributed by atoms with Crippen LogP contribution in [-0.4, -0.2) is 42.8 Å². The highest BCUT2D eigenvalue weighted by Gasteiger charge is 2.22. The lowest BCUT2D eigenvalue weighted by atomic mass is 10.1.